The molecule has 19 heavy (non-hydrogen) atoms. The summed E-state index contributed by atoms with van der Waals surface area (Å²) in [5.41, 5.74) is 0. The third-order valence-electron chi connectivity index (χ3n) is 2.39. The number of methoxy groups -OCH3 is 1. The number of aliphatic hydroxyl groups is 1. The molecule has 0 aromatic heterocycles. The molecule has 1 unspecified atom stereocenters. The molecular weight excluding hydrogens is 268 g/mol. The Bertz CT molecular complexity index is 488. The summed E-state index contributed by atoms with van der Waals surface area (Å²) < 4.78 is 31.4. The highest BCUT2D eigenvalue weighted by Crippen LogP contribution is 2.16. The van der Waals surface area contributed by atoms with Gasteiger partial charge in [-0.05, 0) is 19.1 Å². The van der Waals surface area contributed by atoms with Crippen molar-refractivity contribution in [2.24, 2.45) is 0 Å². The van der Waals surface area contributed by atoms with Crippen molar-refractivity contribution in [1.82, 2.24) is 10.0 Å². The fourth-order valence-electron chi connectivity index (χ4n) is 1.44. The second-order valence-electron chi connectivity index (χ2n) is 4.13. The molecule has 7 heteroatoms. The van der Waals surface area contributed by atoms with Gasteiger partial charge in [0.1, 0.15) is 5.75 Å². The van der Waals surface area contributed by atoms with E-state index in [4.69, 9.17) is 9.84 Å². The van der Waals surface area contributed by atoms with Crippen molar-refractivity contribution in [3.05, 3.63) is 24.3 Å². The summed E-state index contributed by atoms with van der Waals surface area (Å²) in [7, 11) is -2.04. The minimum Gasteiger partial charge on any atom is -0.497 e. The molecule has 0 spiro atoms. The third-order valence-corrected chi connectivity index (χ3v) is 3.84. The Kier molecular flexibility index (Phi) is 6.23. The van der Waals surface area contributed by atoms with Crippen molar-refractivity contribution in [1.29, 1.82) is 0 Å². The minimum absolute atomic E-state index is 0.169. The predicted molar refractivity (Wildman–Crippen MR) is 72.7 cm³/mol. The van der Waals surface area contributed by atoms with Crippen LogP contribution in [0.1, 0.15) is 6.92 Å². The van der Waals surface area contributed by atoms with E-state index in [0.717, 1.165) is 0 Å². The van der Waals surface area contributed by atoms with Crippen LogP contribution in [0.4, 0.5) is 0 Å². The normalized spacial score (nSPS) is 13.2. The van der Waals surface area contributed by atoms with Gasteiger partial charge in [0.2, 0.25) is 10.0 Å². The van der Waals surface area contributed by atoms with Gasteiger partial charge >= 0.3 is 0 Å². The van der Waals surface area contributed by atoms with Crippen molar-refractivity contribution in [2.45, 2.75) is 17.9 Å². The zero-order chi connectivity index (χ0) is 14.3. The quantitative estimate of drug-likeness (QED) is 0.584. The molecule has 0 aliphatic carbocycles. The van der Waals surface area contributed by atoms with Gasteiger partial charge in [-0.3, -0.25) is 0 Å². The van der Waals surface area contributed by atoms with Gasteiger partial charge in [0.25, 0.3) is 0 Å². The molecule has 1 aromatic rings. The molecule has 0 radical (unpaired) electrons. The fraction of sp³-hybridized carbons (Fsp3) is 0.500. The smallest absolute Gasteiger partial charge is 0.240 e. The highest BCUT2D eigenvalue weighted by molar-refractivity contribution is 7.89. The molecule has 0 aliphatic rings. The second kappa shape index (κ2) is 7.44. The van der Waals surface area contributed by atoms with E-state index in [0.29, 0.717) is 18.8 Å². The van der Waals surface area contributed by atoms with Crippen LogP contribution in [0.25, 0.3) is 0 Å². The van der Waals surface area contributed by atoms with Gasteiger partial charge < -0.3 is 15.2 Å². The van der Waals surface area contributed by atoms with E-state index < -0.39 is 16.1 Å². The molecule has 0 saturated carbocycles. The van der Waals surface area contributed by atoms with Crippen LogP contribution in [0.15, 0.2) is 29.2 Å². The maximum atomic E-state index is 12.0. The Balaban J connectivity index is 2.51. The number of hydrogen-bond donors (Lipinski definition) is 3. The molecule has 108 valence electrons. The van der Waals surface area contributed by atoms with Crippen LogP contribution in [0, 0.1) is 0 Å². The minimum atomic E-state index is -3.53. The molecule has 1 rings (SSSR count). The zero-order valence-corrected chi connectivity index (χ0v) is 11.9. The Morgan fingerprint density at radius 1 is 1.37 bits per heavy atom. The van der Waals surface area contributed by atoms with E-state index in [1.54, 1.807) is 19.1 Å². The largest absolute Gasteiger partial charge is 0.497 e. The first-order chi connectivity index (χ1) is 8.95. The topological polar surface area (TPSA) is 87.7 Å². The molecule has 0 saturated heterocycles. The Labute approximate surface area is 113 Å². The third kappa shape index (κ3) is 5.56. The van der Waals surface area contributed by atoms with E-state index >= 15 is 0 Å². The highest BCUT2D eigenvalue weighted by Gasteiger charge is 2.13. The maximum Gasteiger partial charge on any atom is 0.240 e. The number of sulfonamides is 1. The summed E-state index contributed by atoms with van der Waals surface area (Å²) in [6.07, 6.45) is -0.449. The van der Waals surface area contributed by atoms with Gasteiger partial charge in [-0.25, -0.2) is 13.1 Å². The van der Waals surface area contributed by atoms with E-state index in [2.05, 4.69) is 10.0 Å². The molecule has 3 N–H and O–H groups in total. The number of nitrogens with one attached hydrogen (secondary N) is 2. The van der Waals surface area contributed by atoms with Crippen molar-refractivity contribution in [3.63, 3.8) is 0 Å². The zero-order valence-electron chi connectivity index (χ0n) is 11.1. The summed E-state index contributed by atoms with van der Waals surface area (Å²) in [5, 5.41) is 12.0. The van der Waals surface area contributed by atoms with E-state index in [1.807, 2.05) is 0 Å². The molecule has 1 aromatic carbocycles. The number of ether oxygens (including phenoxy) is 1. The average Bonchev–Trinajstić information content (AvgIpc) is 2.38. The number of benzene rings is 1. The van der Waals surface area contributed by atoms with Crippen molar-refractivity contribution in [3.8, 4) is 5.75 Å². The highest BCUT2D eigenvalue weighted by atomic mass is 32.2. The number of rotatable bonds is 8. The summed E-state index contributed by atoms with van der Waals surface area (Å²) in [6, 6.07) is 6.28. The molecule has 0 fully saturated rings. The van der Waals surface area contributed by atoms with Gasteiger partial charge in [-0.2, -0.15) is 0 Å². The second-order valence-corrected chi connectivity index (χ2v) is 5.90. The first-order valence-corrected chi connectivity index (χ1v) is 7.46. The van der Waals surface area contributed by atoms with Crippen LogP contribution < -0.4 is 14.8 Å². The van der Waals surface area contributed by atoms with Gasteiger partial charge in [0.15, 0.2) is 0 Å². The number of hydrogen-bond acceptors (Lipinski definition) is 5. The monoisotopic (exact) mass is 288 g/mol. The lowest BCUT2D eigenvalue weighted by atomic mass is 10.3. The molecule has 1 atom stereocenters. The maximum absolute atomic E-state index is 12.0. The van der Waals surface area contributed by atoms with Crippen molar-refractivity contribution in [2.75, 3.05) is 26.7 Å². The van der Waals surface area contributed by atoms with Crippen LogP contribution in [0.2, 0.25) is 0 Å². The fourth-order valence-corrected chi connectivity index (χ4v) is 2.50. The summed E-state index contributed by atoms with van der Waals surface area (Å²) in [5.74, 6) is 0.495. The summed E-state index contributed by atoms with van der Waals surface area (Å²) >= 11 is 0. The first kappa shape index (κ1) is 15.9. The lowest BCUT2D eigenvalue weighted by Crippen LogP contribution is -2.34. The Morgan fingerprint density at radius 2 is 2.11 bits per heavy atom. The lowest BCUT2D eigenvalue weighted by Gasteiger charge is -2.09. The van der Waals surface area contributed by atoms with Gasteiger partial charge in [0.05, 0.1) is 18.1 Å². The van der Waals surface area contributed by atoms with Crippen molar-refractivity contribution >= 4 is 10.0 Å². The Morgan fingerprint density at radius 3 is 2.74 bits per heavy atom. The average molecular weight is 288 g/mol. The van der Waals surface area contributed by atoms with Crippen LogP contribution in [0.5, 0.6) is 5.75 Å². The summed E-state index contributed by atoms with van der Waals surface area (Å²) in [6.45, 7) is 2.80. The van der Waals surface area contributed by atoms with E-state index in [-0.39, 0.29) is 11.4 Å². The number of aliphatic hydroxyl groups excluding tert-OH is 1. The SMILES string of the molecule is COc1cccc(S(=O)(=O)NCCNCC(C)O)c1. The van der Waals surface area contributed by atoms with Gasteiger partial charge in [-0.15, -0.1) is 0 Å². The van der Waals surface area contributed by atoms with Crippen LogP contribution in [0.3, 0.4) is 0 Å². The molecule has 6 nitrogen and oxygen atoms in total. The molecular formula is C12H20N2O4S. The molecule has 0 heterocycles. The molecule has 0 aliphatic heterocycles. The molecule has 0 bridgehead atoms. The van der Waals surface area contributed by atoms with Gasteiger partial charge in [0, 0.05) is 25.7 Å². The van der Waals surface area contributed by atoms with Gasteiger partial charge in [-0.1, -0.05) is 6.07 Å². The predicted octanol–water partition coefficient (Wildman–Crippen LogP) is -0.0561. The van der Waals surface area contributed by atoms with Crippen LogP contribution in [-0.4, -0.2) is 46.4 Å². The van der Waals surface area contributed by atoms with E-state index in [1.165, 1.54) is 19.2 Å². The van der Waals surface area contributed by atoms with Crippen LogP contribution >= 0.6 is 0 Å². The lowest BCUT2D eigenvalue weighted by molar-refractivity contribution is 0.192. The van der Waals surface area contributed by atoms with Crippen molar-refractivity contribution < 1.29 is 18.3 Å². The van der Waals surface area contributed by atoms with E-state index in [9.17, 15) is 8.42 Å². The first-order valence-electron chi connectivity index (χ1n) is 5.98. The Hall–Kier alpha value is -1.15. The molecule has 0 amide bonds. The standard InChI is InChI=1S/C12H20N2O4S/c1-10(15)9-13-6-7-14-19(16,17)12-5-3-4-11(8-12)18-2/h3-5,8,10,13-15H,6-7,9H2,1-2H3. The van der Waals surface area contributed by atoms with Crippen LogP contribution in [-0.2, 0) is 10.0 Å². The summed E-state index contributed by atoms with van der Waals surface area (Å²) in [4.78, 5) is 0.169.